The van der Waals surface area contributed by atoms with Crippen LogP contribution < -0.4 is 10.2 Å². The van der Waals surface area contributed by atoms with E-state index in [1.807, 2.05) is 38.1 Å². The van der Waals surface area contributed by atoms with E-state index in [1.54, 1.807) is 0 Å². The van der Waals surface area contributed by atoms with Crippen molar-refractivity contribution in [3.05, 3.63) is 40.5 Å². The average Bonchev–Trinajstić information content (AvgIpc) is 2.57. The standard InChI is InChI=1S/C19H25ClN4/c1-4-16-7-5-6-10-24(16)19-21-14(3)11-18(23-19)22-15-9-8-13(2)17(20)12-15/h8-9,11-12,16H,4-7,10H2,1-3H3,(H,21,22,23). The highest BCUT2D eigenvalue weighted by atomic mass is 35.5. The first-order valence-electron chi connectivity index (χ1n) is 8.72. The Balaban J connectivity index is 1.86. The van der Waals surface area contributed by atoms with Gasteiger partial charge in [0.1, 0.15) is 5.82 Å². The van der Waals surface area contributed by atoms with E-state index < -0.39 is 0 Å². The minimum Gasteiger partial charge on any atom is -0.340 e. The summed E-state index contributed by atoms with van der Waals surface area (Å²) in [6.07, 6.45) is 4.87. The lowest BCUT2D eigenvalue weighted by atomic mass is 10.0. The van der Waals surface area contributed by atoms with Gasteiger partial charge in [-0.15, -0.1) is 0 Å². The monoisotopic (exact) mass is 344 g/mol. The predicted octanol–water partition coefficient (Wildman–Crippen LogP) is 5.26. The molecule has 1 N–H and O–H groups in total. The van der Waals surface area contributed by atoms with Crippen LogP contribution in [0.2, 0.25) is 5.02 Å². The van der Waals surface area contributed by atoms with Gasteiger partial charge in [-0.25, -0.2) is 4.98 Å². The third kappa shape index (κ3) is 3.81. The Hall–Kier alpha value is -1.81. The van der Waals surface area contributed by atoms with Crippen molar-refractivity contribution in [2.24, 2.45) is 0 Å². The van der Waals surface area contributed by atoms with Crippen LogP contribution in [0.1, 0.15) is 43.9 Å². The number of aryl methyl sites for hydroxylation is 2. The second kappa shape index (κ2) is 7.39. The molecular weight excluding hydrogens is 320 g/mol. The lowest BCUT2D eigenvalue weighted by molar-refractivity contribution is 0.443. The zero-order chi connectivity index (χ0) is 17.1. The van der Waals surface area contributed by atoms with Gasteiger partial charge >= 0.3 is 0 Å². The molecule has 4 nitrogen and oxygen atoms in total. The number of benzene rings is 1. The van der Waals surface area contributed by atoms with Crippen molar-refractivity contribution >= 4 is 29.1 Å². The van der Waals surface area contributed by atoms with Crippen LogP contribution >= 0.6 is 11.6 Å². The number of hydrogen-bond acceptors (Lipinski definition) is 4. The average molecular weight is 345 g/mol. The quantitative estimate of drug-likeness (QED) is 0.821. The van der Waals surface area contributed by atoms with Gasteiger partial charge in [0.15, 0.2) is 0 Å². The molecule has 1 saturated heterocycles. The van der Waals surface area contributed by atoms with Crippen molar-refractivity contribution < 1.29 is 0 Å². The van der Waals surface area contributed by atoms with Crippen LogP contribution in [0.5, 0.6) is 0 Å². The van der Waals surface area contributed by atoms with Crippen molar-refractivity contribution in [2.75, 3.05) is 16.8 Å². The second-order valence-electron chi connectivity index (χ2n) is 6.53. The van der Waals surface area contributed by atoms with Crippen LogP contribution in [0.3, 0.4) is 0 Å². The van der Waals surface area contributed by atoms with E-state index in [0.717, 1.165) is 46.7 Å². The molecule has 0 bridgehead atoms. The Morgan fingerprint density at radius 1 is 1.21 bits per heavy atom. The molecule has 1 unspecified atom stereocenters. The molecule has 5 heteroatoms. The molecule has 0 aliphatic carbocycles. The van der Waals surface area contributed by atoms with E-state index in [0.29, 0.717) is 6.04 Å². The van der Waals surface area contributed by atoms with Gasteiger partial charge in [-0.05, 0) is 57.2 Å². The smallest absolute Gasteiger partial charge is 0.227 e. The summed E-state index contributed by atoms with van der Waals surface area (Å²) in [6, 6.07) is 8.49. The summed E-state index contributed by atoms with van der Waals surface area (Å²) in [5.74, 6) is 1.65. The summed E-state index contributed by atoms with van der Waals surface area (Å²) in [6.45, 7) is 7.30. The molecule has 1 atom stereocenters. The first-order chi connectivity index (χ1) is 11.6. The summed E-state index contributed by atoms with van der Waals surface area (Å²) in [5, 5.41) is 4.12. The zero-order valence-electron chi connectivity index (χ0n) is 14.6. The fourth-order valence-electron chi connectivity index (χ4n) is 3.25. The Morgan fingerprint density at radius 3 is 2.79 bits per heavy atom. The number of piperidine rings is 1. The minimum atomic E-state index is 0.544. The van der Waals surface area contributed by atoms with Crippen molar-refractivity contribution in [3.8, 4) is 0 Å². The van der Waals surface area contributed by atoms with Gasteiger partial charge in [0.2, 0.25) is 5.95 Å². The minimum absolute atomic E-state index is 0.544. The normalized spacial score (nSPS) is 17.8. The highest BCUT2D eigenvalue weighted by Gasteiger charge is 2.23. The molecule has 1 fully saturated rings. The molecule has 1 aromatic carbocycles. The maximum Gasteiger partial charge on any atom is 0.227 e. The van der Waals surface area contributed by atoms with Gasteiger partial charge in [0.05, 0.1) is 0 Å². The van der Waals surface area contributed by atoms with Gasteiger partial charge in [0.25, 0.3) is 0 Å². The van der Waals surface area contributed by atoms with Crippen LogP contribution in [-0.2, 0) is 0 Å². The number of rotatable bonds is 4. The van der Waals surface area contributed by atoms with Gasteiger partial charge in [-0.3, -0.25) is 0 Å². The molecule has 0 amide bonds. The number of hydrogen-bond donors (Lipinski definition) is 1. The van der Waals surface area contributed by atoms with E-state index in [1.165, 1.54) is 19.3 Å². The van der Waals surface area contributed by atoms with Crippen molar-refractivity contribution in [3.63, 3.8) is 0 Å². The second-order valence-corrected chi connectivity index (χ2v) is 6.94. The van der Waals surface area contributed by atoms with Crippen LogP contribution in [0.25, 0.3) is 0 Å². The maximum absolute atomic E-state index is 6.22. The van der Waals surface area contributed by atoms with E-state index in [2.05, 4.69) is 22.1 Å². The lowest BCUT2D eigenvalue weighted by Crippen LogP contribution is -2.40. The fourth-order valence-corrected chi connectivity index (χ4v) is 3.43. The molecule has 1 aliphatic heterocycles. The lowest BCUT2D eigenvalue weighted by Gasteiger charge is -2.35. The molecule has 2 heterocycles. The topological polar surface area (TPSA) is 41.1 Å². The van der Waals surface area contributed by atoms with Gasteiger partial charge in [0, 0.05) is 35.1 Å². The molecule has 24 heavy (non-hydrogen) atoms. The molecule has 3 rings (SSSR count). The molecule has 0 saturated carbocycles. The summed E-state index contributed by atoms with van der Waals surface area (Å²) in [4.78, 5) is 11.8. The van der Waals surface area contributed by atoms with E-state index in [9.17, 15) is 0 Å². The van der Waals surface area contributed by atoms with Crippen molar-refractivity contribution in [1.29, 1.82) is 0 Å². The van der Waals surface area contributed by atoms with Crippen molar-refractivity contribution in [2.45, 2.75) is 52.5 Å². The maximum atomic E-state index is 6.22. The van der Waals surface area contributed by atoms with E-state index in [-0.39, 0.29) is 0 Å². The van der Waals surface area contributed by atoms with Crippen LogP contribution in [0.4, 0.5) is 17.5 Å². The van der Waals surface area contributed by atoms with Crippen LogP contribution in [0, 0.1) is 13.8 Å². The van der Waals surface area contributed by atoms with Gasteiger partial charge in [-0.2, -0.15) is 4.98 Å². The SMILES string of the molecule is CCC1CCCCN1c1nc(C)cc(Nc2ccc(C)c(Cl)c2)n1. The highest BCUT2D eigenvalue weighted by molar-refractivity contribution is 6.31. The summed E-state index contributed by atoms with van der Waals surface area (Å²) < 4.78 is 0. The Morgan fingerprint density at radius 2 is 2.04 bits per heavy atom. The Labute approximate surface area is 149 Å². The Kier molecular flexibility index (Phi) is 5.24. The van der Waals surface area contributed by atoms with Gasteiger partial charge < -0.3 is 10.2 Å². The Bertz CT molecular complexity index is 717. The number of nitrogens with one attached hydrogen (secondary N) is 1. The number of anilines is 3. The summed E-state index contributed by atoms with van der Waals surface area (Å²) in [7, 11) is 0. The molecule has 1 aliphatic rings. The molecule has 128 valence electrons. The van der Waals surface area contributed by atoms with Gasteiger partial charge in [-0.1, -0.05) is 24.6 Å². The first kappa shape index (κ1) is 17.0. The van der Waals surface area contributed by atoms with Crippen LogP contribution in [-0.4, -0.2) is 22.6 Å². The first-order valence-corrected chi connectivity index (χ1v) is 9.10. The highest BCUT2D eigenvalue weighted by Crippen LogP contribution is 2.27. The number of nitrogens with zero attached hydrogens (tertiary/aromatic N) is 3. The predicted molar refractivity (Wildman–Crippen MR) is 102 cm³/mol. The van der Waals surface area contributed by atoms with E-state index >= 15 is 0 Å². The third-order valence-corrected chi connectivity index (χ3v) is 5.05. The zero-order valence-corrected chi connectivity index (χ0v) is 15.4. The van der Waals surface area contributed by atoms with Crippen LogP contribution in [0.15, 0.2) is 24.3 Å². The molecule has 1 aromatic heterocycles. The molecule has 2 aromatic rings. The number of aromatic nitrogens is 2. The third-order valence-electron chi connectivity index (χ3n) is 4.64. The summed E-state index contributed by atoms with van der Waals surface area (Å²) in [5.41, 5.74) is 2.99. The summed E-state index contributed by atoms with van der Waals surface area (Å²) >= 11 is 6.22. The largest absolute Gasteiger partial charge is 0.340 e. The van der Waals surface area contributed by atoms with Crippen molar-refractivity contribution in [1.82, 2.24) is 9.97 Å². The molecular formula is C19H25ClN4. The van der Waals surface area contributed by atoms with E-state index in [4.69, 9.17) is 16.6 Å². The fraction of sp³-hybridized carbons (Fsp3) is 0.474. The molecule has 0 spiro atoms. The number of halogens is 1. The molecule has 0 radical (unpaired) electrons.